The number of aliphatic hydroxyl groups is 2. The Balaban J connectivity index is 2.10. The number of phosphoric ester groups is 1. The Morgan fingerprint density at radius 2 is 2.24 bits per heavy atom. The number of nitrogens with zero attached hydrogens (tertiary/aromatic N) is 3. The van der Waals surface area contributed by atoms with Crippen molar-refractivity contribution in [2.45, 2.75) is 24.3 Å². The number of aliphatic hydroxyl groups excluding tert-OH is 2. The Hall–Kier alpha value is -1.93. The van der Waals surface area contributed by atoms with Crippen LogP contribution < -0.4 is 11.3 Å². The first-order chi connectivity index (χ1) is 11.6. The number of H-pyrrole nitrogens is 1. The topological polar surface area (TPSA) is 206 Å². The molecule has 0 aromatic carbocycles. The molecule has 3 rings (SSSR count). The molecule has 2 aromatic rings. The lowest BCUT2D eigenvalue weighted by molar-refractivity contribution is -0.235. The van der Waals surface area contributed by atoms with Gasteiger partial charge in [0.1, 0.15) is 18.5 Å². The number of nitrogens with one attached hydrogen (secondary N) is 1. The van der Waals surface area contributed by atoms with E-state index in [1.807, 2.05) is 0 Å². The molecule has 15 heteroatoms. The summed E-state index contributed by atoms with van der Waals surface area (Å²) in [6.07, 6.45) is -5.04. The second kappa shape index (κ2) is 5.81. The van der Waals surface area contributed by atoms with E-state index in [4.69, 9.17) is 20.3 Å². The monoisotopic (exact) mass is 381 g/mol. The van der Waals surface area contributed by atoms with Gasteiger partial charge in [0.15, 0.2) is 17.3 Å². The second-order valence-corrected chi connectivity index (χ2v) is 6.38. The molecule has 138 valence electrons. The lowest BCUT2D eigenvalue weighted by atomic mass is 10.1. The molecule has 0 unspecified atom stereocenters. The molecule has 0 amide bonds. The van der Waals surface area contributed by atoms with Crippen LogP contribution in [-0.4, -0.2) is 64.4 Å². The minimum atomic E-state index is -5.13. The fourth-order valence-corrected chi connectivity index (χ4v) is 3.10. The van der Waals surface area contributed by atoms with Crippen LogP contribution in [0, 0.1) is 0 Å². The van der Waals surface area contributed by atoms with Crippen LogP contribution in [0.5, 0.6) is 0 Å². The number of fused-ring (bicyclic) bond motifs is 1. The van der Waals surface area contributed by atoms with E-state index < -0.39 is 49.9 Å². The van der Waals surface area contributed by atoms with Gasteiger partial charge in [0, 0.05) is 0 Å². The summed E-state index contributed by atoms with van der Waals surface area (Å²) in [6.45, 7) is -0.920. The number of imidazole rings is 1. The van der Waals surface area contributed by atoms with Crippen molar-refractivity contribution in [3.05, 3.63) is 16.7 Å². The predicted octanol–water partition coefficient (Wildman–Crippen LogP) is -2.49. The van der Waals surface area contributed by atoms with Gasteiger partial charge in [0.05, 0.1) is 6.61 Å². The van der Waals surface area contributed by atoms with Gasteiger partial charge in [0.2, 0.25) is 5.95 Å². The summed E-state index contributed by atoms with van der Waals surface area (Å²) in [6, 6.07) is 0. The Kier molecular flexibility index (Phi) is 4.15. The van der Waals surface area contributed by atoms with Crippen molar-refractivity contribution in [3.63, 3.8) is 0 Å². The van der Waals surface area contributed by atoms with E-state index >= 15 is 4.39 Å². The first-order valence-corrected chi connectivity index (χ1v) is 8.23. The highest BCUT2D eigenvalue weighted by Crippen LogP contribution is 2.46. The summed E-state index contributed by atoms with van der Waals surface area (Å²) in [5.74, 6) is -3.55. The molecule has 0 saturated carbocycles. The molecule has 0 aliphatic carbocycles. The van der Waals surface area contributed by atoms with Crippen LogP contribution >= 0.6 is 7.82 Å². The van der Waals surface area contributed by atoms with Crippen molar-refractivity contribution in [1.82, 2.24) is 19.5 Å². The quantitative estimate of drug-likeness (QED) is 0.305. The van der Waals surface area contributed by atoms with E-state index in [0.29, 0.717) is 4.57 Å². The Bertz CT molecular complexity index is 912. The summed E-state index contributed by atoms with van der Waals surface area (Å²) < 4.78 is 36.1. The average molecular weight is 381 g/mol. The van der Waals surface area contributed by atoms with Crippen LogP contribution in [0.1, 0.15) is 0 Å². The van der Waals surface area contributed by atoms with Gasteiger partial charge in [-0.15, -0.1) is 0 Å². The van der Waals surface area contributed by atoms with Crippen molar-refractivity contribution in [2.24, 2.45) is 0 Å². The number of phosphoric acid groups is 1. The smallest absolute Gasteiger partial charge is 0.394 e. The molecule has 0 spiro atoms. The molecule has 1 aliphatic heterocycles. The Morgan fingerprint density at radius 1 is 1.56 bits per heavy atom. The van der Waals surface area contributed by atoms with Crippen LogP contribution in [-0.2, 0) is 19.8 Å². The standard InChI is InChI=1S/C10H13FN5O8P/c11-10(6(18)5(3(1-17)23-10)24-25(20,21)22)16-2-13-4-7(16)14-9(12)15-8(4)19/h2-3,5-6,17-18H,1H2,(H2,20,21,22)(H3,12,14,15,19)/t3-,5-,6-,10+/m1/s1. The van der Waals surface area contributed by atoms with Crippen LogP contribution in [0.3, 0.4) is 0 Å². The molecular formula is C10H13FN5O8P. The Labute approximate surface area is 137 Å². The molecule has 3 heterocycles. The van der Waals surface area contributed by atoms with Crippen LogP contribution in [0.4, 0.5) is 10.3 Å². The maximum absolute atomic E-state index is 15.3. The Morgan fingerprint density at radius 3 is 2.84 bits per heavy atom. The molecule has 0 bridgehead atoms. The predicted molar refractivity (Wildman–Crippen MR) is 76.5 cm³/mol. The van der Waals surface area contributed by atoms with E-state index in [2.05, 4.69) is 19.5 Å². The van der Waals surface area contributed by atoms with Crippen molar-refractivity contribution in [2.75, 3.05) is 12.3 Å². The first kappa shape index (κ1) is 17.9. The molecule has 1 fully saturated rings. The lowest BCUT2D eigenvalue weighted by Crippen LogP contribution is -2.42. The fraction of sp³-hybridized carbons (Fsp3) is 0.500. The number of anilines is 1. The third-order valence-corrected chi connectivity index (χ3v) is 4.07. The van der Waals surface area contributed by atoms with Crippen molar-refractivity contribution in [3.8, 4) is 0 Å². The molecule has 1 aliphatic rings. The van der Waals surface area contributed by atoms with Gasteiger partial charge in [-0.3, -0.25) is 18.9 Å². The van der Waals surface area contributed by atoms with Gasteiger partial charge >= 0.3 is 13.8 Å². The number of alkyl halides is 1. The van der Waals surface area contributed by atoms with Gasteiger partial charge in [-0.1, -0.05) is 0 Å². The SMILES string of the molecule is Nc1nc2c(ncn2[C@]2(F)O[C@H](CO)[C@@H](OP(=O)(O)O)[C@H]2O)c(=O)[nH]1. The number of nitrogen functional groups attached to an aromatic ring is 1. The number of rotatable bonds is 4. The summed E-state index contributed by atoms with van der Waals surface area (Å²) >= 11 is 0. The highest BCUT2D eigenvalue weighted by atomic mass is 31.2. The number of hydrogen-bond donors (Lipinski definition) is 6. The average Bonchev–Trinajstić information content (AvgIpc) is 3.01. The minimum absolute atomic E-state index is 0.318. The number of nitrogens with two attached hydrogens (primary N) is 1. The molecule has 1 saturated heterocycles. The number of hydrogen-bond acceptors (Lipinski definition) is 9. The lowest BCUT2D eigenvalue weighted by Gasteiger charge is -2.25. The van der Waals surface area contributed by atoms with Crippen LogP contribution in [0.15, 0.2) is 11.1 Å². The van der Waals surface area contributed by atoms with E-state index in [0.717, 1.165) is 6.33 Å². The van der Waals surface area contributed by atoms with Crippen LogP contribution in [0.2, 0.25) is 0 Å². The minimum Gasteiger partial charge on any atom is -0.394 e. The maximum Gasteiger partial charge on any atom is 0.470 e. The highest BCUT2D eigenvalue weighted by Gasteiger charge is 2.59. The van der Waals surface area contributed by atoms with Gasteiger partial charge in [-0.05, 0) is 0 Å². The third kappa shape index (κ3) is 2.93. The normalized spacial score (nSPS) is 30.2. The zero-order valence-corrected chi connectivity index (χ0v) is 13.1. The summed E-state index contributed by atoms with van der Waals surface area (Å²) in [5.41, 5.74) is 3.90. The van der Waals surface area contributed by atoms with Gasteiger partial charge < -0.3 is 30.5 Å². The molecule has 0 radical (unpaired) electrons. The largest absolute Gasteiger partial charge is 0.470 e. The number of ether oxygens (including phenoxy) is 1. The third-order valence-electron chi connectivity index (χ3n) is 3.55. The van der Waals surface area contributed by atoms with E-state index in [1.54, 1.807) is 0 Å². The van der Waals surface area contributed by atoms with E-state index in [1.165, 1.54) is 0 Å². The molecule has 13 nitrogen and oxygen atoms in total. The second-order valence-electron chi connectivity index (χ2n) is 5.19. The maximum atomic E-state index is 15.3. The first-order valence-electron chi connectivity index (χ1n) is 6.69. The van der Waals surface area contributed by atoms with Crippen molar-refractivity contribution < 1.29 is 38.2 Å². The number of aromatic amines is 1. The van der Waals surface area contributed by atoms with Crippen molar-refractivity contribution in [1.29, 1.82) is 0 Å². The van der Waals surface area contributed by atoms with Gasteiger partial charge in [0.25, 0.3) is 5.56 Å². The number of aromatic nitrogens is 4. The van der Waals surface area contributed by atoms with E-state index in [-0.39, 0.29) is 11.5 Å². The zero-order chi connectivity index (χ0) is 18.6. The van der Waals surface area contributed by atoms with Crippen LogP contribution in [0.25, 0.3) is 11.2 Å². The van der Waals surface area contributed by atoms with Gasteiger partial charge in [-0.2, -0.15) is 9.37 Å². The van der Waals surface area contributed by atoms with E-state index in [9.17, 15) is 19.6 Å². The highest BCUT2D eigenvalue weighted by molar-refractivity contribution is 7.46. The molecule has 7 N–H and O–H groups in total. The molecule has 2 aromatic heterocycles. The zero-order valence-electron chi connectivity index (χ0n) is 12.2. The van der Waals surface area contributed by atoms with Crippen molar-refractivity contribution >= 4 is 24.9 Å². The van der Waals surface area contributed by atoms with Gasteiger partial charge in [-0.25, -0.2) is 9.55 Å². The summed E-state index contributed by atoms with van der Waals surface area (Å²) in [5, 5.41) is 19.4. The molecule has 4 atom stereocenters. The molecule has 25 heavy (non-hydrogen) atoms. The summed E-state index contributed by atoms with van der Waals surface area (Å²) in [7, 11) is -5.13. The number of halogens is 1. The fourth-order valence-electron chi connectivity index (χ4n) is 2.53. The summed E-state index contributed by atoms with van der Waals surface area (Å²) in [4.78, 5) is 39.0. The molecular weight excluding hydrogens is 368 g/mol.